The second-order valence-corrected chi connectivity index (χ2v) is 5.63. The molecule has 2 heterocycles. The number of rotatable bonds is 7. The lowest BCUT2D eigenvalue weighted by Gasteiger charge is -2.15. The van der Waals surface area contributed by atoms with Gasteiger partial charge in [0.25, 0.3) is 5.91 Å². The van der Waals surface area contributed by atoms with Gasteiger partial charge in [-0.25, -0.2) is 0 Å². The lowest BCUT2D eigenvalue weighted by atomic mass is 10.1. The van der Waals surface area contributed by atoms with E-state index < -0.39 is 0 Å². The Morgan fingerprint density at radius 3 is 2.80 bits per heavy atom. The number of furan rings is 1. The van der Waals surface area contributed by atoms with Crippen LogP contribution in [0.25, 0.3) is 11.3 Å². The molecule has 1 amide bonds. The van der Waals surface area contributed by atoms with Crippen molar-refractivity contribution in [1.29, 1.82) is 0 Å². The molecular formula is C18H20N4O3. The van der Waals surface area contributed by atoms with Gasteiger partial charge in [0, 0.05) is 24.8 Å². The van der Waals surface area contributed by atoms with Gasteiger partial charge in [0.05, 0.1) is 18.9 Å². The summed E-state index contributed by atoms with van der Waals surface area (Å²) in [6, 6.07) is 10.7. The first-order valence-corrected chi connectivity index (χ1v) is 8.00. The third-order valence-corrected chi connectivity index (χ3v) is 3.87. The minimum Gasteiger partial charge on any atom is -0.464 e. The molecule has 1 N–H and O–H groups in total. The van der Waals surface area contributed by atoms with E-state index >= 15 is 0 Å². The van der Waals surface area contributed by atoms with Gasteiger partial charge in [-0.2, -0.15) is 0 Å². The fourth-order valence-electron chi connectivity index (χ4n) is 2.53. The molecule has 3 aromatic rings. The molecule has 1 aromatic carbocycles. The van der Waals surface area contributed by atoms with Crippen molar-refractivity contribution in [2.45, 2.75) is 19.5 Å². The molecule has 0 aliphatic carbocycles. The number of hydrogen-bond donors (Lipinski definition) is 1. The highest BCUT2D eigenvalue weighted by Crippen LogP contribution is 2.20. The SMILES string of the molecule is COCCn1cnnc1[C@@H](C)NC(=O)c1ccc(-c2ccco2)cc1. The van der Waals surface area contributed by atoms with Crippen LogP contribution in [0.4, 0.5) is 0 Å². The Bertz CT molecular complexity index is 809. The zero-order chi connectivity index (χ0) is 17.6. The second kappa shape index (κ2) is 7.76. The van der Waals surface area contributed by atoms with Crippen LogP contribution in [0.1, 0.15) is 29.1 Å². The van der Waals surface area contributed by atoms with Crippen LogP contribution >= 0.6 is 0 Å². The third-order valence-electron chi connectivity index (χ3n) is 3.87. The zero-order valence-electron chi connectivity index (χ0n) is 14.2. The van der Waals surface area contributed by atoms with Gasteiger partial charge in [-0.15, -0.1) is 10.2 Å². The summed E-state index contributed by atoms with van der Waals surface area (Å²) in [6.45, 7) is 3.07. The highest BCUT2D eigenvalue weighted by Gasteiger charge is 2.16. The van der Waals surface area contributed by atoms with Crippen molar-refractivity contribution in [2.75, 3.05) is 13.7 Å². The van der Waals surface area contributed by atoms with Crippen LogP contribution in [0.2, 0.25) is 0 Å². The predicted molar refractivity (Wildman–Crippen MR) is 91.9 cm³/mol. The summed E-state index contributed by atoms with van der Waals surface area (Å²) in [4.78, 5) is 12.5. The van der Waals surface area contributed by atoms with E-state index in [9.17, 15) is 4.79 Å². The van der Waals surface area contributed by atoms with Crippen LogP contribution in [-0.4, -0.2) is 34.4 Å². The molecular weight excluding hydrogens is 320 g/mol. The molecule has 0 aliphatic rings. The molecule has 0 saturated carbocycles. The Morgan fingerprint density at radius 1 is 1.32 bits per heavy atom. The van der Waals surface area contributed by atoms with Crippen LogP contribution in [0.3, 0.4) is 0 Å². The number of methoxy groups -OCH3 is 1. The van der Waals surface area contributed by atoms with Gasteiger partial charge in [0.1, 0.15) is 12.1 Å². The zero-order valence-corrected chi connectivity index (χ0v) is 14.2. The number of hydrogen-bond acceptors (Lipinski definition) is 5. The summed E-state index contributed by atoms with van der Waals surface area (Å²) < 4.78 is 12.3. The molecule has 1 atom stereocenters. The maximum absolute atomic E-state index is 12.5. The highest BCUT2D eigenvalue weighted by molar-refractivity contribution is 5.94. The molecule has 0 saturated heterocycles. The summed E-state index contributed by atoms with van der Waals surface area (Å²) in [5, 5.41) is 10.9. The minimum absolute atomic E-state index is 0.167. The molecule has 2 aromatic heterocycles. The monoisotopic (exact) mass is 340 g/mol. The molecule has 0 radical (unpaired) electrons. The van der Waals surface area contributed by atoms with E-state index in [1.54, 1.807) is 31.8 Å². The molecule has 7 nitrogen and oxygen atoms in total. The molecule has 3 rings (SSSR count). The molecule has 0 aliphatic heterocycles. The van der Waals surface area contributed by atoms with Crippen molar-refractivity contribution >= 4 is 5.91 Å². The molecule has 7 heteroatoms. The van der Waals surface area contributed by atoms with Gasteiger partial charge in [0.2, 0.25) is 0 Å². The normalized spacial score (nSPS) is 12.1. The lowest BCUT2D eigenvalue weighted by Crippen LogP contribution is -2.29. The van der Waals surface area contributed by atoms with Gasteiger partial charge in [-0.3, -0.25) is 4.79 Å². The van der Waals surface area contributed by atoms with Gasteiger partial charge in [0.15, 0.2) is 5.82 Å². The lowest BCUT2D eigenvalue weighted by molar-refractivity contribution is 0.0937. The number of benzene rings is 1. The molecule has 0 fully saturated rings. The number of nitrogens with one attached hydrogen (secondary N) is 1. The van der Waals surface area contributed by atoms with Crippen LogP contribution in [0.5, 0.6) is 0 Å². The number of carbonyl (C=O) groups excluding carboxylic acids is 1. The molecule has 25 heavy (non-hydrogen) atoms. The standard InChI is InChI=1S/C18H20N4O3/c1-13(17-21-19-12-22(17)9-11-24-2)20-18(23)15-7-5-14(6-8-15)16-4-3-10-25-16/h3-8,10,12-13H,9,11H2,1-2H3,(H,20,23)/t13-/m1/s1. The van der Waals surface area contributed by atoms with Gasteiger partial charge in [-0.1, -0.05) is 12.1 Å². The molecule has 130 valence electrons. The van der Waals surface area contributed by atoms with Crippen molar-refractivity contribution in [3.8, 4) is 11.3 Å². The summed E-state index contributed by atoms with van der Waals surface area (Å²) in [5.74, 6) is 1.30. The first kappa shape index (κ1) is 16.9. The molecule has 0 unspecified atom stereocenters. The van der Waals surface area contributed by atoms with E-state index in [1.165, 1.54) is 0 Å². The highest BCUT2D eigenvalue weighted by atomic mass is 16.5. The first-order chi connectivity index (χ1) is 12.2. The summed E-state index contributed by atoms with van der Waals surface area (Å²) >= 11 is 0. The smallest absolute Gasteiger partial charge is 0.251 e. The number of amides is 1. The van der Waals surface area contributed by atoms with Crippen molar-refractivity contribution in [2.24, 2.45) is 0 Å². The molecule has 0 bridgehead atoms. The Hall–Kier alpha value is -2.93. The predicted octanol–water partition coefficient (Wildman–Crippen LogP) is 2.68. The first-order valence-electron chi connectivity index (χ1n) is 8.00. The van der Waals surface area contributed by atoms with Gasteiger partial charge in [-0.05, 0) is 31.2 Å². The van der Waals surface area contributed by atoms with E-state index in [1.807, 2.05) is 35.8 Å². The summed E-state index contributed by atoms with van der Waals surface area (Å²) in [5.41, 5.74) is 1.50. The van der Waals surface area contributed by atoms with Crippen molar-refractivity contribution in [3.05, 3.63) is 60.4 Å². The van der Waals surface area contributed by atoms with Gasteiger partial charge >= 0.3 is 0 Å². The Morgan fingerprint density at radius 2 is 2.12 bits per heavy atom. The fourth-order valence-corrected chi connectivity index (χ4v) is 2.53. The Balaban J connectivity index is 1.66. The van der Waals surface area contributed by atoms with Gasteiger partial charge < -0.3 is 19.0 Å². The number of carbonyl (C=O) groups is 1. The van der Waals surface area contributed by atoms with Crippen LogP contribution in [-0.2, 0) is 11.3 Å². The Kier molecular flexibility index (Phi) is 5.25. The van der Waals surface area contributed by atoms with Crippen molar-refractivity contribution < 1.29 is 13.9 Å². The average molecular weight is 340 g/mol. The maximum atomic E-state index is 12.5. The van der Waals surface area contributed by atoms with E-state index in [2.05, 4.69) is 15.5 Å². The van der Waals surface area contributed by atoms with Crippen molar-refractivity contribution in [1.82, 2.24) is 20.1 Å². The Labute approximate surface area is 145 Å². The van der Waals surface area contributed by atoms with E-state index in [0.717, 1.165) is 11.3 Å². The third kappa shape index (κ3) is 3.95. The average Bonchev–Trinajstić information content (AvgIpc) is 3.31. The van der Waals surface area contributed by atoms with Crippen LogP contribution in [0.15, 0.2) is 53.4 Å². The minimum atomic E-state index is -0.267. The number of ether oxygens (including phenoxy) is 1. The maximum Gasteiger partial charge on any atom is 0.251 e. The molecule has 0 spiro atoms. The number of nitrogens with zero attached hydrogens (tertiary/aromatic N) is 3. The van der Waals surface area contributed by atoms with Crippen molar-refractivity contribution in [3.63, 3.8) is 0 Å². The fraction of sp³-hybridized carbons (Fsp3) is 0.278. The van der Waals surface area contributed by atoms with E-state index in [4.69, 9.17) is 9.15 Å². The number of aromatic nitrogens is 3. The van der Waals surface area contributed by atoms with E-state index in [0.29, 0.717) is 24.5 Å². The van der Waals surface area contributed by atoms with Crippen LogP contribution in [0, 0.1) is 0 Å². The van der Waals surface area contributed by atoms with Crippen LogP contribution < -0.4 is 5.32 Å². The quantitative estimate of drug-likeness (QED) is 0.715. The second-order valence-electron chi connectivity index (χ2n) is 5.63. The summed E-state index contributed by atoms with van der Waals surface area (Å²) in [6.07, 6.45) is 3.26. The van der Waals surface area contributed by atoms with E-state index in [-0.39, 0.29) is 11.9 Å². The largest absolute Gasteiger partial charge is 0.464 e. The topological polar surface area (TPSA) is 82.2 Å². The summed E-state index contributed by atoms with van der Waals surface area (Å²) in [7, 11) is 1.64.